The van der Waals surface area contributed by atoms with Crippen molar-refractivity contribution in [2.45, 2.75) is 19.3 Å². The van der Waals surface area contributed by atoms with Crippen LogP contribution in [-0.2, 0) is 13.2 Å². The topological polar surface area (TPSA) is 42.0 Å². The summed E-state index contributed by atoms with van der Waals surface area (Å²) in [6.07, 6.45) is 0. The predicted molar refractivity (Wildman–Crippen MR) is 175 cm³/mol. The summed E-state index contributed by atoms with van der Waals surface area (Å²) in [6.45, 7) is 4.57. The molecular formula is C39H38N2O3. The van der Waals surface area contributed by atoms with Gasteiger partial charge in [0.15, 0.2) is 5.78 Å². The highest BCUT2D eigenvalue weighted by Crippen LogP contribution is 2.30. The molecule has 0 atom stereocenters. The van der Waals surface area contributed by atoms with Gasteiger partial charge in [-0.05, 0) is 34.4 Å². The lowest BCUT2D eigenvalue weighted by molar-refractivity contribution is 0.0804. The van der Waals surface area contributed by atoms with Gasteiger partial charge in [0, 0.05) is 32.2 Å². The van der Waals surface area contributed by atoms with Crippen LogP contribution in [0.15, 0.2) is 140 Å². The third-order valence-corrected chi connectivity index (χ3v) is 8.11. The summed E-state index contributed by atoms with van der Waals surface area (Å²) in [5.41, 5.74) is 5.29. The SMILES string of the molecule is O=C(CN1CCN(C(c2ccccc2)c2ccccc2)CC1)c1ccc(OCc2ccccc2)cc1OCc1ccccc1. The van der Waals surface area contributed by atoms with Crippen molar-refractivity contribution < 1.29 is 14.3 Å². The Kier molecular flexibility index (Phi) is 9.78. The van der Waals surface area contributed by atoms with Gasteiger partial charge in [0.25, 0.3) is 0 Å². The van der Waals surface area contributed by atoms with Gasteiger partial charge in [-0.1, -0.05) is 121 Å². The Morgan fingerprint density at radius 3 is 1.64 bits per heavy atom. The molecule has 44 heavy (non-hydrogen) atoms. The average molecular weight is 583 g/mol. The van der Waals surface area contributed by atoms with E-state index < -0.39 is 0 Å². The number of ketones is 1. The van der Waals surface area contributed by atoms with E-state index in [1.54, 1.807) is 0 Å². The van der Waals surface area contributed by atoms with Gasteiger partial charge in [0.05, 0.1) is 18.2 Å². The van der Waals surface area contributed by atoms with Gasteiger partial charge < -0.3 is 9.47 Å². The Bertz CT molecular complexity index is 1560. The molecule has 0 aromatic heterocycles. The van der Waals surface area contributed by atoms with Crippen LogP contribution < -0.4 is 9.47 Å². The molecule has 5 heteroatoms. The summed E-state index contributed by atoms with van der Waals surface area (Å²) >= 11 is 0. The summed E-state index contributed by atoms with van der Waals surface area (Å²) in [5, 5.41) is 0. The number of benzene rings is 5. The number of nitrogens with zero attached hydrogens (tertiary/aromatic N) is 2. The molecule has 1 saturated heterocycles. The van der Waals surface area contributed by atoms with Crippen molar-refractivity contribution in [3.63, 3.8) is 0 Å². The lowest BCUT2D eigenvalue weighted by Gasteiger charge is -2.39. The van der Waals surface area contributed by atoms with Crippen LogP contribution in [0.1, 0.15) is 38.7 Å². The van der Waals surface area contributed by atoms with Crippen LogP contribution in [0.4, 0.5) is 0 Å². The van der Waals surface area contributed by atoms with Crippen LogP contribution in [-0.4, -0.2) is 48.3 Å². The van der Waals surface area contributed by atoms with Crippen LogP contribution in [0.2, 0.25) is 0 Å². The van der Waals surface area contributed by atoms with Gasteiger partial charge >= 0.3 is 0 Å². The zero-order valence-electron chi connectivity index (χ0n) is 24.9. The summed E-state index contributed by atoms with van der Waals surface area (Å²) < 4.78 is 12.3. The Hall–Kier alpha value is -4.71. The minimum absolute atomic E-state index is 0.0544. The quantitative estimate of drug-likeness (QED) is 0.143. The van der Waals surface area contributed by atoms with E-state index in [2.05, 4.69) is 70.5 Å². The van der Waals surface area contributed by atoms with E-state index in [-0.39, 0.29) is 11.8 Å². The molecule has 5 aromatic rings. The lowest BCUT2D eigenvalue weighted by Crippen LogP contribution is -2.49. The third kappa shape index (κ3) is 7.62. The van der Waals surface area contributed by atoms with Gasteiger partial charge in [-0.3, -0.25) is 14.6 Å². The highest BCUT2D eigenvalue weighted by atomic mass is 16.5. The van der Waals surface area contributed by atoms with Gasteiger partial charge in [-0.15, -0.1) is 0 Å². The number of carbonyl (C=O) groups is 1. The highest BCUT2D eigenvalue weighted by Gasteiger charge is 2.27. The maximum absolute atomic E-state index is 13.7. The van der Waals surface area contributed by atoms with Gasteiger partial charge in [-0.2, -0.15) is 0 Å². The number of hydrogen-bond donors (Lipinski definition) is 0. The molecule has 1 fully saturated rings. The molecule has 6 rings (SSSR count). The Balaban J connectivity index is 1.13. The Morgan fingerprint density at radius 2 is 1.09 bits per heavy atom. The smallest absolute Gasteiger partial charge is 0.180 e. The number of carbonyl (C=O) groups excluding carboxylic acids is 1. The van der Waals surface area contributed by atoms with E-state index in [9.17, 15) is 4.79 Å². The summed E-state index contributed by atoms with van der Waals surface area (Å²) in [4.78, 5) is 18.5. The summed E-state index contributed by atoms with van der Waals surface area (Å²) in [5.74, 6) is 1.28. The minimum atomic E-state index is 0.0544. The molecule has 0 saturated carbocycles. The Morgan fingerprint density at radius 1 is 0.591 bits per heavy atom. The molecule has 0 spiro atoms. The predicted octanol–water partition coefficient (Wildman–Crippen LogP) is 7.43. The second-order valence-corrected chi connectivity index (χ2v) is 11.2. The second-order valence-electron chi connectivity index (χ2n) is 11.2. The van der Waals surface area contributed by atoms with Crippen LogP contribution in [0.3, 0.4) is 0 Å². The van der Waals surface area contributed by atoms with E-state index >= 15 is 0 Å². The van der Waals surface area contributed by atoms with E-state index in [4.69, 9.17) is 9.47 Å². The number of rotatable bonds is 12. The zero-order chi connectivity index (χ0) is 30.0. The number of Topliss-reactive ketones (excluding diaryl/α,β-unsaturated/α-hetero) is 1. The van der Waals surface area contributed by atoms with Crippen LogP contribution in [0, 0.1) is 0 Å². The molecule has 0 radical (unpaired) electrons. The van der Waals surface area contributed by atoms with Gasteiger partial charge in [0.1, 0.15) is 24.7 Å². The van der Waals surface area contributed by atoms with Crippen LogP contribution in [0.25, 0.3) is 0 Å². The zero-order valence-corrected chi connectivity index (χ0v) is 24.9. The summed E-state index contributed by atoms with van der Waals surface area (Å²) in [7, 11) is 0. The average Bonchev–Trinajstić information content (AvgIpc) is 3.09. The molecule has 5 aromatic carbocycles. The van der Waals surface area contributed by atoms with Gasteiger partial charge in [-0.25, -0.2) is 0 Å². The normalized spacial score (nSPS) is 13.9. The Labute approximate surface area is 260 Å². The van der Waals surface area contributed by atoms with Crippen molar-refractivity contribution in [2.24, 2.45) is 0 Å². The molecule has 5 nitrogen and oxygen atoms in total. The third-order valence-electron chi connectivity index (χ3n) is 8.11. The monoisotopic (exact) mass is 582 g/mol. The summed E-state index contributed by atoms with van der Waals surface area (Å²) in [6, 6.07) is 47.2. The van der Waals surface area contributed by atoms with Crippen molar-refractivity contribution >= 4 is 5.78 Å². The molecule has 0 unspecified atom stereocenters. The minimum Gasteiger partial charge on any atom is -0.489 e. The second kappa shape index (κ2) is 14.6. The van der Waals surface area contributed by atoms with E-state index in [0.717, 1.165) is 37.3 Å². The molecule has 1 aliphatic rings. The van der Waals surface area contributed by atoms with Crippen molar-refractivity contribution in [3.8, 4) is 11.5 Å². The molecular weight excluding hydrogens is 544 g/mol. The maximum atomic E-state index is 13.7. The molecule has 0 N–H and O–H groups in total. The fourth-order valence-corrected chi connectivity index (χ4v) is 5.77. The van der Waals surface area contributed by atoms with E-state index in [1.165, 1.54) is 11.1 Å². The van der Waals surface area contributed by atoms with Crippen LogP contribution in [0.5, 0.6) is 11.5 Å². The first-order valence-electron chi connectivity index (χ1n) is 15.3. The fourth-order valence-electron chi connectivity index (χ4n) is 5.77. The van der Waals surface area contributed by atoms with E-state index in [0.29, 0.717) is 36.8 Å². The highest BCUT2D eigenvalue weighted by molar-refractivity contribution is 6.00. The first kappa shape index (κ1) is 29.4. The number of ether oxygens (including phenoxy) is 2. The molecule has 222 valence electrons. The van der Waals surface area contributed by atoms with Crippen LogP contribution >= 0.6 is 0 Å². The van der Waals surface area contributed by atoms with Gasteiger partial charge in [0.2, 0.25) is 0 Å². The number of piperazine rings is 1. The largest absolute Gasteiger partial charge is 0.489 e. The molecule has 1 aliphatic heterocycles. The lowest BCUT2D eigenvalue weighted by atomic mass is 9.96. The van der Waals surface area contributed by atoms with E-state index in [1.807, 2.05) is 78.9 Å². The number of hydrogen-bond acceptors (Lipinski definition) is 5. The van der Waals surface area contributed by atoms with Crippen molar-refractivity contribution in [1.82, 2.24) is 9.80 Å². The molecule has 0 aliphatic carbocycles. The first-order valence-corrected chi connectivity index (χ1v) is 15.3. The molecule has 0 bridgehead atoms. The van der Waals surface area contributed by atoms with Crippen molar-refractivity contribution in [1.29, 1.82) is 0 Å². The molecule has 0 amide bonds. The maximum Gasteiger partial charge on any atom is 0.180 e. The van der Waals surface area contributed by atoms with Crippen molar-refractivity contribution in [2.75, 3.05) is 32.7 Å². The first-order chi connectivity index (χ1) is 21.7. The van der Waals surface area contributed by atoms with Crippen molar-refractivity contribution in [3.05, 3.63) is 167 Å². The fraction of sp³-hybridized carbons (Fsp3) is 0.205. The standard InChI is InChI=1S/C39H38N2O3/c42-37(28-40-23-25-41(26-24-40)39(33-17-9-3-10-18-33)34-19-11-4-12-20-34)36-22-21-35(43-29-31-13-5-1-6-14-31)27-38(36)44-30-32-15-7-2-8-16-32/h1-22,27,39H,23-26,28-30H2. The molecule has 1 heterocycles.